The Morgan fingerprint density at radius 2 is 2.07 bits per heavy atom. The molecule has 0 saturated heterocycles. The van der Waals surface area contributed by atoms with Gasteiger partial charge in [-0.3, -0.25) is 4.79 Å². The monoisotopic (exact) mass is 208 g/mol. The Hall–Kier alpha value is -1.38. The van der Waals surface area contributed by atoms with E-state index < -0.39 is 5.97 Å². The zero-order valence-electron chi connectivity index (χ0n) is 9.42. The van der Waals surface area contributed by atoms with Gasteiger partial charge in [0.15, 0.2) is 5.78 Å². The van der Waals surface area contributed by atoms with E-state index in [2.05, 4.69) is 11.3 Å². The van der Waals surface area contributed by atoms with Crippen LogP contribution < -0.4 is 0 Å². The molecule has 0 spiro atoms. The van der Waals surface area contributed by atoms with Gasteiger partial charge >= 0.3 is 5.97 Å². The van der Waals surface area contributed by atoms with E-state index in [9.17, 15) is 9.59 Å². The maximum Gasteiger partial charge on any atom is 0.337 e. The molecule has 0 aromatic rings. The first-order valence-electron chi connectivity index (χ1n) is 4.87. The first kappa shape index (κ1) is 11.7. The topological polar surface area (TPSA) is 43.4 Å². The summed E-state index contributed by atoms with van der Waals surface area (Å²) in [5.41, 5.74) is 0.889. The Morgan fingerprint density at radius 1 is 1.47 bits per heavy atom. The summed E-state index contributed by atoms with van der Waals surface area (Å²) in [6.45, 7) is 7.66. The van der Waals surface area contributed by atoms with Gasteiger partial charge in [0.05, 0.1) is 12.7 Å². The lowest BCUT2D eigenvalue weighted by atomic mass is 9.75. The van der Waals surface area contributed by atoms with Crippen LogP contribution in [0.2, 0.25) is 0 Å². The molecule has 82 valence electrons. The predicted octanol–water partition coefficient (Wildman–Crippen LogP) is 2.03. The number of ether oxygens (including phenoxy) is 1. The Labute approximate surface area is 89.8 Å². The second-order valence-electron chi connectivity index (χ2n) is 4.62. The summed E-state index contributed by atoms with van der Waals surface area (Å²) in [6.07, 6.45) is 2.71. The lowest BCUT2D eigenvalue weighted by molar-refractivity contribution is -0.135. The zero-order chi connectivity index (χ0) is 11.6. The highest BCUT2D eigenvalue weighted by Gasteiger charge is 2.29. The number of carbonyl (C=O) groups is 2. The summed E-state index contributed by atoms with van der Waals surface area (Å²) in [7, 11) is 1.31. The molecule has 0 radical (unpaired) electrons. The van der Waals surface area contributed by atoms with Gasteiger partial charge in [-0.1, -0.05) is 20.4 Å². The maximum absolute atomic E-state index is 11.4. The lowest BCUT2D eigenvalue weighted by Gasteiger charge is -2.28. The minimum absolute atomic E-state index is 0.0475. The van der Waals surface area contributed by atoms with E-state index in [0.717, 1.165) is 0 Å². The average Bonchev–Trinajstić information content (AvgIpc) is 2.12. The van der Waals surface area contributed by atoms with Gasteiger partial charge < -0.3 is 4.74 Å². The largest absolute Gasteiger partial charge is 0.465 e. The molecule has 0 saturated carbocycles. The summed E-state index contributed by atoms with van der Waals surface area (Å²) >= 11 is 0. The highest BCUT2D eigenvalue weighted by atomic mass is 16.5. The van der Waals surface area contributed by atoms with Crippen molar-refractivity contribution in [1.29, 1.82) is 0 Å². The fourth-order valence-electron chi connectivity index (χ4n) is 1.79. The molecule has 1 aliphatic carbocycles. The minimum Gasteiger partial charge on any atom is -0.465 e. The van der Waals surface area contributed by atoms with E-state index in [1.807, 2.05) is 13.8 Å². The Bertz CT molecular complexity index is 348. The van der Waals surface area contributed by atoms with Gasteiger partial charge in [0.1, 0.15) is 0 Å². The molecule has 1 aliphatic rings. The molecule has 0 aliphatic heterocycles. The average molecular weight is 208 g/mol. The number of allylic oxidation sites excluding steroid dienone is 1. The molecule has 0 aromatic carbocycles. The Kier molecular flexibility index (Phi) is 3.12. The van der Waals surface area contributed by atoms with Crippen molar-refractivity contribution in [3.8, 4) is 0 Å². The van der Waals surface area contributed by atoms with Crippen molar-refractivity contribution in [2.24, 2.45) is 5.41 Å². The normalized spacial score (nSPS) is 19.4. The summed E-state index contributed by atoms with van der Waals surface area (Å²) in [6, 6.07) is 0. The van der Waals surface area contributed by atoms with Crippen LogP contribution in [0.1, 0.15) is 26.7 Å². The zero-order valence-corrected chi connectivity index (χ0v) is 9.42. The molecule has 3 heteroatoms. The van der Waals surface area contributed by atoms with Crippen molar-refractivity contribution < 1.29 is 14.3 Å². The molecule has 3 nitrogen and oxygen atoms in total. The molecule has 0 heterocycles. The van der Waals surface area contributed by atoms with Crippen LogP contribution in [0.3, 0.4) is 0 Å². The number of esters is 1. The van der Waals surface area contributed by atoms with Gasteiger partial charge in [-0.25, -0.2) is 4.79 Å². The highest BCUT2D eigenvalue weighted by Crippen LogP contribution is 2.36. The predicted molar refractivity (Wildman–Crippen MR) is 57.3 cm³/mol. The molecule has 0 bridgehead atoms. The van der Waals surface area contributed by atoms with E-state index in [1.54, 1.807) is 0 Å². The van der Waals surface area contributed by atoms with E-state index in [-0.39, 0.29) is 11.2 Å². The molecule has 1 rings (SSSR count). The van der Waals surface area contributed by atoms with Crippen molar-refractivity contribution in [2.45, 2.75) is 26.7 Å². The van der Waals surface area contributed by atoms with Gasteiger partial charge in [0.2, 0.25) is 0 Å². The van der Waals surface area contributed by atoms with Crippen LogP contribution in [0.15, 0.2) is 23.8 Å². The third kappa shape index (κ3) is 2.78. The van der Waals surface area contributed by atoms with Gasteiger partial charge in [-0.15, -0.1) is 0 Å². The van der Waals surface area contributed by atoms with Crippen LogP contribution in [0, 0.1) is 5.41 Å². The highest BCUT2D eigenvalue weighted by molar-refractivity contribution is 5.98. The smallest absolute Gasteiger partial charge is 0.337 e. The molecule has 0 unspecified atom stereocenters. The second kappa shape index (κ2) is 4.01. The first-order chi connectivity index (χ1) is 6.85. The summed E-state index contributed by atoms with van der Waals surface area (Å²) < 4.78 is 4.58. The van der Waals surface area contributed by atoms with Crippen LogP contribution >= 0.6 is 0 Å². The molecule has 15 heavy (non-hydrogen) atoms. The molecule has 0 atom stereocenters. The maximum atomic E-state index is 11.4. The van der Waals surface area contributed by atoms with Crippen molar-refractivity contribution in [2.75, 3.05) is 7.11 Å². The van der Waals surface area contributed by atoms with Gasteiger partial charge in [-0.05, 0) is 23.5 Å². The van der Waals surface area contributed by atoms with Gasteiger partial charge in [0, 0.05) is 6.42 Å². The SMILES string of the molecule is C=C(C(=O)OC)C1=CC(=O)CC(C)(C)C1. The number of methoxy groups -OCH3 is 1. The third-order valence-corrected chi connectivity index (χ3v) is 2.48. The van der Waals surface area contributed by atoms with Crippen LogP contribution in [0.4, 0.5) is 0 Å². The number of ketones is 1. The molecular weight excluding hydrogens is 192 g/mol. The second-order valence-corrected chi connectivity index (χ2v) is 4.62. The van der Waals surface area contributed by atoms with E-state index in [0.29, 0.717) is 24.0 Å². The molecule has 0 aromatic heterocycles. The summed E-state index contributed by atoms with van der Waals surface area (Å²) in [5, 5.41) is 0. The van der Waals surface area contributed by atoms with E-state index in [1.165, 1.54) is 13.2 Å². The third-order valence-electron chi connectivity index (χ3n) is 2.48. The quantitative estimate of drug-likeness (QED) is 0.515. The number of hydrogen-bond donors (Lipinski definition) is 0. The van der Waals surface area contributed by atoms with Crippen molar-refractivity contribution >= 4 is 11.8 Å². The fraction of sp³-hybridized carbons (Fsp3) is 0.500. The van der Waals surface area contributed by atoms with Crippen LogP contribution in [0.5, 0.6) is 0 Å². The molecule has 0 amide bonds. The number of carbonyl (C=O) groups excluding carboxylic acids is 2. The standard InChI is InChI=1S/C12H16O3/c1-8(11(14)15-4)9-5-10(13)7-12(2,3)6-9/h5H,1,6-7H2,2-4H3. The van der Waals surface area contributed by atoms with Crippen LogP contribution in [-0.2, 0) is 14.3 Å². The fourth-order valence-corrected chi connectivity index (χ4v) is 1.79. The van der Waals surface area contributed by atoms with Gasteiger partial charge in [0.25, 0.3) is 0 Å². The van der Waals surface area contributed by atoms with Crippen molar-refractivity contribution in [3.63, 3.8) is 0 Å². The van der Waals surface area contributed by atoms with Crippen molar-refractivity contribution in [1.82, 2.24) is 0 Å². The minimum atomic E-state index is -0.466. The summed E-state index contributed by atoms with van der Waals surface area (Å²) in [5.74, 6) is -0.418. The molecule has 0 fully saturated rings. The van der Waals surface area contributed by atoms with E-state index >= 15 is 0 Å². The molecule has 0 N–H and O–H groups in total. The Balaban J connectivity index is 2.92. The van der Waals surface area contributed by atoms with Gasteiger partial charge in [-0.2, -0.15) is 0 Å². The summed E-state index contributed by atoms with van der Waals surface area (Å²) in [4.78, 5) is 22.7. The molecular formula is C12H16O3. The number of rotatable bonds is 2. The first-order valence-corrected chi connectivity index (χ1v) is 4.87. The van der Waals surface area contributed by atoms with Crippen LogP contribution in [0.25, 0.3) is 0 Å². The number of hydrogen-bond acceptors (Lipinski definition) is 3. The lowest BCUT2D eigenvalue weighted by Crippen LogP contribution is -2.23. The van der Waals surface area contributed by atoms with Crippen LogP contribution in [-0.4, -0.2) is 18.9 Å². The van der Waals surface area contributed by atoms with E-state index in [4.69, 9.17) is 0 Å². The van der Waals surface area contributed by atoms with Crippen molar-refractivity contribution in [3.05, 3.63) is 23.8 Å². The Morgan fingerprint density at radius 3 is 2.53 bits per heavy atom.